The van der Waals surface area contributed by atoms with E-state index in [0.717, 1.165) is 15.9 Å². The summed E-state index contributed by atoms with van der Waals surface area (Å²) < 4.78 is 8.01. The van der Waals surface area contributed by atoms with Crippen LogP contribution in [0.15, 0.2) is 52.7 Å². The van der Waals surface area contributed by atoms with Crippen molar-refractivity contribution in [3.05, 3.63) is 42.5 Å². The van der Waals surface area contributed by atoms with E-state index in [2.05, 4.69) is 15.5 Å². The molecule has 36 heavy (non-hydrogen) atoms. The number of methoxy groups -OCH3 is 1. The molecule has 10 nitrogen and oxygen atoms in total. The highest BCUT2D eigenvalue weighted by atomic mass is 32.2. The third-order valence-electron chi connectivity index (χ3n) is 5.67. The van der Waals surface area contributed by atoms with Gasteiger partial charge in [0.2, 0.25) is 5.12 Å². The van der Waals surface area contributed by atoms with Gasteiger partial charge in [-0.3, -0.25) is 9.59 Å². The zero-order valence-electron chi connectivity index (χ0n) is 19.8. The number of nitrogens with zero attached hydrogens (tertiary/aromatic N) is 4. The second-order valence-electron chi connectivity index (χ2n) is 8.03. The van der Waals surface area contributed by atoms with Gasteiger partial charge in [0.1, 0.15) is 17.0 Å². The van der Waals surface area contributed by atoms with Gasteiger partial charge in [0.15, 0.2) is 6.54 Å². The minimum Gasteiger partial charge on any atom is -0.497 e. The molecule has 1 aliphatic rings. The van der Waals surface area contributed by atoms with Gasteiger partial charge >= 0.3 is 5.13 Å². The number of aliphatic hydroxyl groups excluding tert-OH is 2. The van der Waals surface area contributed by atoms with Crippen LogP contribution < -0.4 is 19.5 Å². The summed E-state index contributed by atoms with van der Waals surface area (Å²) in [5.41, 5.74) is 2.29. The molecule has 1 unspecified atom stereocenters. The van der Waals surface area contributed by atoms with Gasteiger partial charge in [0, 0.05) is 30.6 Å². The second kappa shape index (κ2) is 12.3. The van der Waals surface area contributed by atoms with E-state index in [-0.39, 0.29) is 30.8 Å². The van der Waals surface area contributed by atoms with E-state index >= 15 is 0 Å². The number of anilines is 1. The number of hydrogen-bond acceptors (Lipinski definition) is 10. The van der Waals surface area contributed by atoms with Crippen molar-refractivity contribution in [3.63, 3.8) is 0 Å². The van der Waals surface area contributed by atoms with Crippen LogP contribution in [0.3, 0.4) is 0 Å². The number of thioether (sulfide) groups is 1. The molecular formula is C24H28N5O5S2+. The average molecular weight is 531 g/mol. The molecule has 3 aromatic rings. The Bertz CT molecular complexity index is 1240. The number of aliphatic hydroxyl groups is 2. The van der Waals surface area contributed by atoms with Gasteiger partial charge in [-0.25, -0.2) is 4.57 Å². The number of azo groups is 1. The first-order valence-corrected chi connectivity index (χ1v) is 13.3. The molecule has 1 fully saturated rings. The van der Waals surface area contributed by atoms with Crippen molar-refractivity contribution in [1.29, 1.82) is 0 Å². The van der Waals surface area contributed by atoms with Crippen molar-refractivity contribution in [3.8, 4) is 5.75 Å². The predicted molar refractivity (Wildman–Crippen MR) is 140 cm³/mol. The lowest BCUT2D eigenvalue weighted by molar-refractivity contribution is -0.641. The number of amides is 1. The zero-order chi connectivity index (χ0) is 25.5. The van der Waals surface area contributed by atoms with Crippen LogP contribution in [0.5, 0.6) is 5.75 Å². The lowest BCUT2D eigenvalue weighted by atomic mass is 10.2. The summed E-state index contributed by atoms with van der Waals surface area (Å²) in [6.07, 6.45) is 0.637. The summed E-state index contributed by atoms with van der Waals surface area (Å²) in [6, 6.07) is 12.4. The van der Waals surface area contributed by atoms with Crippen LogP contribution in [-0.4, -0.2) is 66.4 Å². The summed E-state index contributed by atoms with van der Waals surface area (Å²) in [6.45, 7) is 0.810. The molecule has 1 atom stereocenters. The van der Waals surface area contributed by atoms with Crippen LogP contribution in [0, 0.1) is 0 Å². The number of hydrogen-bond donors (Lipinski definition) is 3. The fraction of sp³-hybridized carbons (Fsp3) is 0.375. The van der Waals surface area contributed by atoms with Gasteiger partial charge in [-0.1, -0.05) is 11.8 Å². The molecule has 0 spiro atoms. The van der Waals surface area contributed by atoms with Crippen molar-refractivity contribution in [2.75, 3.05) is 44.1 Å². The summed E-state index contributed by atoms with van der Waals surface area (Å²) in [7, 11) is 1.60. The minimum absolute atomic E-state index is 0.00530. The van der Waals surface area contributed by atoms with Gasteiger partial charge in [-0.2, -0.15) is 0 Å². The Labute approximate surface area is 216 Å². The number of rotatable bonds is 11. The highest BCUT2D eigenvalue weighted by molar-refractivity contribution is 8.14. The quantitative estimate of drug-likeness (QED) is 0.257. The molecule has 1 saturated heterocycles. The standard InChI is InChI=1S/C24H27N5O5S2/c1-34-18-6-7-20-21(14-18)36-24(29(20)15-22(32)25-19-8-13-35-23(19)33)27-26-16-2-4-17(5-3-16)28(9-11-30)10-12-31/h2-7,14,19,30-31H,8-13,15H2,1H3/p+1. The molecule has 0 bridgehead atoms. The predicted octanol–water partition coefficient (Wildman–Crippen LogP) is 2.55. The molecule has 12 heteroatoms. The number of ether oxygens (including phenoxy) is 1. The van der Waals surface area contributed by atoms with Crippen molar-refractivity contribution in [2.45, 2.75) is 19.0 Å². The van der Waals surface area contributed by atoms with E-state index in [0.29, 0.717) is 41.8 Å². The van der Waals surface area contributed by atoms with Crippen LogP contribution >= 0.6 is 23.1 Å². The number of carbonyl (C=O) groups is 2. The van der Waals surface area contributed by atoms with Crippen molar-refractivity contribution < 1.29 is 29.1 Å². The third kappa shape index (κ3) is 6.19. The van der Waals surface area contributed by atoms with Gasteiger partial charge in [-0.05, 0) is 59.3 Å². The Balaban J connectivity index is 1.58. The highest BCUT2D eigenvalue weighted by Gasteiger charge is 2.29. The number of fused-ring (bicyclic) bond motifs is 1. The van der Waals surface area contributed by atoms with Crippen LogP contribution in [0.4, 0.5) is 16.5 Å². The molecular weight excluding hydrogens is 502 g/mol. The Kier molecular flexibility index (Phi) is 8.86. The highest BCUT2D eigenvalue weighted by Crippen LogP contribution is 2.31. The normalized spacial score (nSPS) is 15.6. The maximum Gasteiger partial charge on any atom is 0.410 e. The maximum atomic E-state index is 12.8. The molecule has 2 heterocycles. The number of carbonyl (C=O) groups excluding carboxylic acids is 2. The second-order valence-corrected chi connectivity index (χ2v) is 10.1. The van der Waals surface area contributed by atoms with Crippen molar-refractivity contribution >= 4 is 60.8 Å². The Morgan fingerprint density at radius 1 is 1.17 bits per heavy atom. The van der Waals surface area contributed by atoms with Gasteiger partial charge < -0.3 is 25.2 Å². The average Bonchev–Trinajstić information content (AvgIpc) is 3.44. The summed E-state index contributed by atoms with van der Waals surface area (Å²) in [5, 5.41) is 30.7. The number of thiazole rings is 1. The third-order valence-corrected chi connectivity index (χ3v) is 7.71. The molecule has 1 aromatic heterocycles. The Morgan fingerprint density at radius 2 is 1.92 bits per heavy atom. The van der Waals surface area contributed by atoms with Crippen LogP contribution in [-0.2, 0) is 16.1 Å². The van der Waals surface area contributed by atoms with E-state index in [4.69, 9.17) is 4.74 Å². The fourth-order valence-corrected chi connectivity index (χ4v) is 5.80. The number of benzene rings is 2. The van der Waals surface area contributed by atoms with Crippen molar-refractivity contribution in [1.82, 2.24) is 5.32 Å². The van der Waals surface area contributed by atoms with Crippen LogP contribution in [0.2, 0.25) is 0 Å². The molecule has 1 aliphatic heterocycles. The monoisotopic (exact) mass is 530 g/mol. The summed E-state index contributed by atoms with van der Waals surface area (Å²) >= 11 is 2.63. The lowest BCUT2D eigenvalue weighted by Crippen LogP contribution is -2.46. The Hall–Kier alpha value is -3.06. The van der Waals surface area contributed by atoms with E-state index in [1.807, 2.05) is 35.2 Å². The molecule has 0 aliphatic carbocycles. The first kappa shape index (κ1) is 26.0. The fourth-order valence-electron chi connectivity index (χ4n) is 3.86. The molecule has 190 valence electrons. The molecule has 1 amide bonds. The number of nitrogens with one attached hydrogen (secondary N) is 1. The smallest absolute Gasteiger partial charge is 0.410 e. The Morgan fingerprint density at radius 3 is 2.56 bits per heavy atom. The summed E-state index contributed by atoms with van der Waals surface area (Å²) in [4.78, 5) is 26.6. The topological polar surface area (TPSA) is 128 Å². The van der Waals surface area contributed by atoms with Gasteiger partial charge in [-0.15, -0.1) is 0 Å². The molecule has 0 saturated carbocycles. The first-order valence-electron chi connectivity index (χ1n) is 11.5. The largest absolute Gasteiger partial charge is 0.497 e. The summed E-state index contributed by atoms with van der Waals surface area (Å²) in [5.74, 6) is 1.15. The maximum absolute atomic E-state index is 12.8. The first-order chi connectivity index (χ1) is 17.5. The van der Waals surface area contributed by atoms with E-state index in [1.165, 1.54) is 23.1 Å². The minimum atomic E-state index is -0.451. The SMILES string of the molecule is COc1ccc2c(c1)sc(/N=N/c1ccc(N(CCO)CCO)cc1)[n+]2CC(=O)NC1CCSC1=O. The van der Waals surface area contributed by atoms with E-state index in [9.17, 15) is 19.8 Å². The zero-order valence-corrected chi connectivity index (χ0v) is 21.4. The molecule has 3 N–H and O–H groups in total. The van der Waals surface area contributed by atoms with Crippen LogP contribution in [0.1, 0.15) is 6.42 Å². The number of aromatic nitrogens is 1. The van der Waals surface area contributed by atoms with E-state index < -0.39 is 6.04 Å². The van der Waals surface area contributed by atoms with Crippen molar-refractivity contribution in [2.24, 2.45) is 10.2 Å². The van der Waals surface area contributed by atoms with E-state index in [1.54, 1.807) is 23.8 Å². The van der Waals surface area contributed by atoms with Crippen LogP contribution in [0.25, 0.3) is 10.2 Å². The lowest BCUT2D eigenvalue weighted by Gasteiger charge is -2.22. The van der Waals surface area contributed by atoms with Gasteiger partial charge in [0.05, 0.1) is 36.2 Å². The molecule has 4 rings (SSSR count). The van der Waals surface area contributed by atoms with Gasteiger partial charge in [0.25, 0.3) is 5.91 Å². The molecule has 0 radical (unpaired) electrons. The molecule has 2 aromatic carbocycles.